The molecule has 0 heterocycles. The first-order valence-electron chi connectivity index (χ1n) is 24.4. The van der Waals surface area contributed by atoms with Crippen LogP contribution < -0.4 is 9.47 Å². The minimum Gasteiger partial charge on any atom is -0.465 e. The standard InChI is InChI=1S/2C18H16O4.C10H16.2C6H6.2C2H6/c2*1-3-7-13-8-4-5-11-16(13)22-18(20)15-10-6-9-14(12-15)17(19)21-2;1-2-9-7-4-5-8(6-7)10(9)3-1;2*1-2-4-6-5-3-1;2*1-2/h2*3-6,8-12H,1,7H2,2H3;7-10H,1-6H2;2*1-6H;2*1-2H3. The highest BCUT2D eigenvalue weighted by Crippen LogP contribution is 2.58. The monoisotopic (exact) mass is 945 g/mol. The van der Waals surface area contributed by atoms with Gasteiger partial charge in [0.2, 0.25) is 0 Å². The third-order valence-electron chi connectivity index (χ3n) is 11.8. The Kier molecular flexibility index (Phi) is 27.1. The van der Waals surface area contributed by atoms with Gasteiger partial charge in [-0.05, 0) is 128 Å². The molecule has 8 heteroatoms. The molecule has 70 heavy (non-hydrogen) atoms. The van der Waals surface area contributed by atoms with Gasteiger partial charge in [-0.25, -0.2) is 19.2 Å². The lowest BCUT2D eigenvalue weighted by atomic mass is 9.82. The van der Waals surface area contributed by atoms with Crippen molar-refractivity contribution in [3.63, 3.8) is 0 Å². The number of hydrogen-bond donors (Lipinski definition) is 0. The number of carbonyl (C=O) groups excluding carboxylic acids is 4. The van der Waals surface area contributed by atoms with Crippen LogP contribution >= 0.6 is 0 Å². The summed E-state index contributed by atoms with van der Waals surface area (Å²) >= 11 is 0. The van der Waals surface area contributed by atoms with Crippen molar-refractivity contribution in [2.75, 3.05) is 14.2 Å². The van der Waals surface area contributed by atoms with Crippen molar-refractivity contribution in [2.45, 2.75) is 79.1 Å². The zero-order valence-electron chi connectivity index (χ0n) is 42.0. The topological polar surface area (TPSA) is 105 Å². The highest BCUT2D eigenvalue weighted by Gasteiger charge is 2.48. The second-order valence-corrected chi connectivity index (χ2v) is 16.0. The molecule has 0 N–H and O–H groups in total. The molecule has 6 aromatic carbocycles. The van der Waals surface area contributed by atoms with Gasteiger partial charge in [0, 0.05) is 0 Å². The zero-order valence-corrected chi connectivity index (χ0v) is 42.0. The first-order valence-corrected chi connectivity index (χ1v) is 24.4. The lowest BCUT2D eigenvalue weighted by molar-refractivity contribution is 0.0591. The Bertz CT molecular complexity index is 2240. The maximum Gasteiger partial charge on any atom is 0.343 e. The number of allylic oxidation sites excluding steroid dienone is 2. The van der Waals surface area contributed by atoms with E-state index in [1.807, 2.05) is 125 Å². The van der Waals surface area contributed by atoms with E-state index in [-0.39, 0.29) is 11.1 Å². The van der Waals surface area contributed by atoms with E-state index in [0.717, 1.165) is 11.1 Å². The number of fused-ring (bicyclic) bond motifs is 5. The third kappa shape index (κ3) is 18.6. The van der Waals surface area contributed by atoms with Crippen molar-refractivity contribution in [2.24, 2.45) is 23.7 Å². The predicted octanol–water partition coefficient (Wildman–Crippen LogP) is 15.1. The predicted molar refractivity (Wildman–Crippen MR) is 283 cm³/mol. The van der Waals surface area contributed by atoms with Crippen LogP contribution in [0, 0.1) is 23.7 Å². The van der Waals surface area contributed by atoms with Crippen LogP contribution in [0.15, 0.2) is 195 Å². The van der Waals surface area contributed by atoms with Gasteiger partial charge in [0.15, 0.2) is 0 Å². The Labute approximate surface area is 417 Å². The summed E-state index contributed by atoms with van der Waals surface area (Å²) in [4.78, 5) is 47.5. The van der Waals surface area contributed by atoms with Gasteiger partial charge in [0.25, 0.3) is 0 Å². The highest BCUT2D eigenvalue weighted by atomic mass is 16.5. The van der Waals surface area contributed by atoms with Gasteiger partial charge < -0.3 is 18.9 Å². The van der Waals surface area contributed by atoms with Crippen LogP contribution in [0.1, 0.15) is 119 Å². The van der Waals surface area contributed by atoms with Crippen molar-refractivity contribution in [1.29, 1.82) is 0 Å². The van der Waals surface area contributed by atoms with E-state index in [4.69, 9.17) is 9.47 Å². The van der Waals surface area contributed by atoms with Crippen LogP contribution in [0.25, 0.3) is 0 Å². The van der Waals surface area contributed by atoms with Crippen molar-refractivity contribution in [1.82, 2.24) is 0 Å². The summed E-state index contributed by atoms with van der Waals surface area (Å²) in [6.45, 7) is 15.4. The molecule has 0 aliphatic heterocycles. The summed E-state index contributed by atoms with van der Waals surface area (Å²) in [5, 5.41) is 0. The highest BCUT2D eigenvalue weighted by molar-refractivity contribution is 5.97. The van der Waals surface area contributed by atoms with Crippen LogP contribution in [-0.4, -0.2) is 38.1 Å². The van der Waals surface area contributed by atoms with Crippen molar-refractivity contribution < 1.29 is 38.1 Å². The minimum atomic E-state index is -0.526. The molecular formula is C62H72O8. The van der Waals surface area contributed by atoms with Gasteiger partial charge in [-0.1, -0.05) is 168 Å². The third-order valence-corrected chi connectivity index (χ3v) is 11.8. The average Bonchev–Trinajstić information content (AvgIpc) is 4.21. The van der Waals surface area contributed by atoms with Gasteiger partial charge in [-0.2, -0.15) is 0 Å². The summed E-state index contributed by atoms with van der Waals surface area (Å²) in [6.07, 6.45) is 14.2. The fourth-order valence-electron chi connectivity index (χ4n) is 8.74. The molecule has 368 valence electrons. The first-order chi connectivity index (χ1) is 34.3. The van der Waals surface area contributed by atoms with Crippen LogP contribution in [0.3, 0.4) is 0 Å². The zero-order chi connectivity index (χ0) is 50.9. The number of methoxy groups -OCH3 is 2. The molecule has 2 bridgehead atoms. The number of hydrogen-bond acceptors (Lipinski definition) is 8. The van der Waals surface area contributed by atoms with Crippen LogP contribution in [-0.2, 0) is 22.3 Å². The lowest BCUT2D eigenvalue weighted by Crippen LogP contribution is -2.15. The van der Waals surface area contributed by atoms with Gasteiger partial charge in [-0.15, -0.1) is 13.2 Å². The fourth-order valence-corrected chi connectivity index (χ4v) is 8.74. The summed E-state index contributed by atoms with van der Waals surface area (Å²) in [5.74, 6) is 3.71. The molecule has 0 spiro atoms. The normalized spacial score (nSPS) is 16.0. The van der Waals surface area contributed by atoms with Crippen LogP contribution in [0.5, 0.6) is 11.5 Å². The molecule has 0 amide bonds. The van der Waals surface area contributed by atoms with Gasteiger partial charge in [-0.3, -0.25) is 0 Å². The quantitative estimate of drug-likeness (QED) is 0.0760. The van der Waals surface area contributed by atoms with Gasteiger partial charge >= 0.3 is 23.9 Å². The van der Waals surface area contributed by atoms with Crippen molar-refractivity contribution in [3.8, 4) is 11.5 Å². The largest absolute Gasteiger partial charge is 0.465 e. The second-order valence-electron chi connectivity index (χ2n) is 16.0. The average molecular weight is 945 g/mol. The van der Waals surface area contributed by atoms with E-state index < -0.39 is 23.9 Å². The Morgan fingerprint density at radius 2 is 0.757 bits per heavy atom. The number of esters is 4. The van der Waals surface area contributed by atoms with Crippen molar-refractivity contribution >= 4 is 23.9 Å². The van der Waals surface area contributed by atoms with Gasteiger partial charge in [0.1, 0.15) is 11.5 Å². The number of rotatable bonds is 10. The lowest BCUT2D eigenvalue weighted by Gasteiger charge is -2.23. The maximum absolute atomic E-state index is 12.2. The maximum atomic E-state index is 12.2. The van der Waals surface area contributed by atoms with E-state index in [0.29, 0.717) is 35.5 Å². The van der Waals surface area contributed by atoms with E-state index in [2.05, 4.69) is 22.6 Å². The molecule has 8 nitrogen and oxygen atoms in total. The Morgan fingerprint density at radius 1 is 0.443 bits per heavy atom. The SMILES string of the molecule is C1CC2C3CCC(C3)C2C1.C=CCc1ccccc1OC(=O)c1cccc(C(=O)OC)c1.C=CCc1ccccc1OC(=O)c1cccc(C(=O)OC)c1.CC.CC.c1ccccc1.c1ccccc1. The fraction of sp³-hybridized carbons (Fsp3) is 0.290. The second kappa shape index (κ2) is 33.2. The molecule has 0 aromatic heterocycles. The molecule has 3 aliphatic carbocycles. The molecule has 4 unspecified atom stereocenters. The molecular weight excluding hydrogens is 873 g/mol. The summed E-state index contributed by atoms with van der Waals surface area (Å²) < 4.78 is 20.1. The minimum absolute atomic E-state index is 0.288. The van der Waals surface area contributed by atoms with E-state index >= 15 is 0 Å². The first kappa shape index (κ1) is 57.0. The molecule has 3 fully saturated rings. The molecule has 0 radical (unpaired) electrons. The molecule has 3 aliphatic rings. The van der Waals surface area contributed by atoms with E-state index in [1.165, 1.54) is 50.0 Å². The van der Waals surface area contributed by atoms with Crippen LogP contribution in [0.4, 0.5) is 0 Å². The number of para-hydroxylation sites is 2. The Hall–Kier alpha value is -7.32. The Balaban J connectivity index is 0.000000248. The van der Waals surface area contributed by atoms with E-state index in [9.17, 15) is 19.2 Å². The summed E-state index contributed by atoms with van der Waals surface area (Å²) in [5.41, 5.74) is 2.92. The molecule has 4 atom stereocenters. The summed E-state index contributed by atoms with van der Waals surface area (Å²) in [6, 6.07) is 51.0. The van der Waals surface area contributed by atoms with Gasteiger partial charge in [0.05, 0.1) is 36.5 Å². The Morgan fingerprint density at radius 3 is 1.07 bits per heavy atom. The van der Waals surface area contributed by atoms with Crippen molar-refractivity contribution in [3.05, 3.63) is 229 Å². The van der Waals surface area contributed by atoms with E-state index in [1.54, 1.807) is 111 Å². The number of carbonyl (C=O) groups is 4. The molecule has 3 saturated carbocycles. The van der Waals surface area contributed by atoms with Crippen LogP contribution in [0.2, 0.25) is 0 Å². The summed E-state index contributed by atoms with van der Waals surface area (Å²) in [7, 11) is 2.58. The molecule has 9 rings (SSSR count). The number of ether oxygens (including phenoxy) is 4. The molecule has 6 aromatic rings. The smallest absolute Gasteiger partial charge is 0.343 e. The number of benzene rings is 6. The molecule has 0 saturated heterocycles.